The van der Waals surface area contributed by atoms with Crippen LogP contribution in [0.5, 0.6) is 17.2 Å². The highest BCUT2D eigenvalue weighted by Gasteiger charge is 2.31. The van der Waals surface area contributed by atoms with E-state index in [4.69, 9.17) is 9.94 Å². The molecule has 0 saturated carbocycles. The molecule has 0 heterocycles. The molecule has 1 amide bonds. The highest BCUT2D eigenvalue weighted by atomic mass is 32.2. The van der Waals surface area contributed by atoms with Crippen LogP contribution in [-0.4, -0.2) is 31.6 Å². The van der Waals surface area contributed by atoms with Crippen LogP contribution in [0.2, 0.25) is 0 Å². The van der Waals surface area contributed by atoms with Crippen molar-refractivity contribution in [3.63, 3.8) is 0 Å². The Hall–Kier alpha value is -2.79. The highest BCUT2D eigenvalue weighted by Crippen LogP contribution is 2.28. The fourth-order valence-electron chi connectivity index (χ4n) is 2.25. The van der Waals surface area contributed by atoms with Gasteiger partial charge in [0, 0.05) is 5.92 Å². The molecule has 1 atom stereocenters. The summed E-state index contributed by atoms with van der Waals surface area (Å²) in [6, 6.07) is 10.2. The molecule has 158 valence electrons. The number of sulfone groups is 1. The maximum Gasteiger partial charge on any atom is 0.573 e. The van der Waals surface area contributed by atoms with Crippen molar-refractivity contribution in [3.05, 3.63) is 48.5 Å². The molecule has 0 aliphatic heterocycles. The third-order valence-corrected chi connectivity index (χ3v) is 5.62. The molecule has 0 aromatic heterocycles. The molecule has 0 spiro atoms. The van der Waals surface area contributed by atoms with Crippen LogP contribution in [0, 0.1) is 5.92 Å². The second-order valence-electron chi connectivity index (χ2n) is 6.08. The lowest BCUT2D eigenvalue weighted by molar-refractivity contribution is -0.274. The number of nitrogens with one attached hydrogen (secondary N) is 1. The smallest absolute Gasteiger partial charge is 0.457 e. The number of rotatable bonds is 8. The van der Waals surface area contributed by atoms with Crippen LogP contribution in [0.15, 0.2) is 53.4 Å². The van der Waals surface area contributed by atoms with Gasteiger partial charge in [-0.2, -0.15) is 0 Å². The summed E-state index contributed by atoms with van der Waals surface area (Å²) in [4.78, 5) is 11.3. The fraction of sp³-hybridized carbons (Fsp3) is 0.278. The number of hydrogen-bond donors (Lipinski definition) is 2. The normalized spacial score (nSPS) is 12.9. The topological polar surface area (TPSA) is 102 Å². The van der Waals surface area contributed by atoms with Crippen LogP contribution in [0.1, 0.15) is 13.3 Å². The Morgan fingerprint density at radius 1 is 1.03 bits per heavy atom. The fourth-order valence-corrected chi connectivity index (χ4v) is 3.70. The van der Waals surface area contributed by atoms with Crippen molar-refractivity contribution in [3.8, 4) is 17.2 Å². The number of carbonyl (C=O) groups excluding carboxylic acids is 1. The van der Waals surface area contributed by atoms with Gasteiger partial charge in [0.2, 0.25) is 5.91 Å². The van der Waals surface area contributed by atoms with E-state index in [2.05, 4.69) is 4.74 Å². The first-order chi connectivity index (χ1) is 13.5. The van der Waals surface area contributed by atoms with Crippen molar-refractivity contribution in [2.24, 2.45) is 5.92 Å². The lowest BCUT2D eigenvalue weighted by Crippen LogP contribution is -2.27. The van der Waals surface area contributed by atoms with Crippen molar-refractivity contribution in [1.82, 2.24) is 5.48 Å². The Kier molecular flexibility index (Phi) is 7.09. The van der Waals surface area contributed by atoms with Crippen LogP contribution in [-0.2, 0) is 14.6 Å². The predicted molar refractivity (Wildman–Crippen MR) is 95.4 cm³/mol. The molecular formula is C18H18F3NO6S. The lowest BCUT2D eigenvalue weighted by Gasteiger charge is -2.11. The van der Waals surface area contributed by atoms with Crippen LogP contribution in [0.25, 0.3) is 0 Å². The minimum absolute atomic E-state index is 0.0235. The van der Waals surface area contributed by atoms with E-state index in [1.165, 1.54) is 48.8 Å². The van der Waals surface area contributed by atoms with Gasteiger partial charge in [0.15, 0.2) is 9.84 Å². The van der Waals surface area contributed by atoms with E-state index in [0.717, 1.165) is 12.1 Å². The lowest BCUT2D eigenvalue weighted by atomic mass is 10.1. The number of carbonyl (C=O) groups is 1. The molecule has 0 fully saturated rings. The molecule has 2 rings (SSSR count). The first-order valence-corrected chi connectivity index (χ1v) is 9.96. The number of ether oxygens (including phenoxy) is 2. The number of halogens is 3. The molecule has 11 heteroatoms. The third kappa shape index (κ3) is 6.95. The van der Waals surface area contributed by atoms with Gasteiger partial charge in [-0.05, 0) is 55.0 Å². The summed E-state index contributed by atoms with van der Waals surface area (Å²) in [7, 11) is -3.65. The number of alkyl halides is 3. The van der Waals surface area contributed by atoms with Gasteiger partial charge >= 0.3 is 6.36 Å². The number of hydrogen-bond acceptors (Lipinski definition) is 6. The summed E-state index contributed by atoms with van der Waals surface area (Å²) in [6.45, 7) is 1.49. The average molecular weight is 433 g/mol. The summed E-state index contributed by atoms with van der Waals surface area (Å²) in [6.07, 6.45) is -4.76. The molecular weight excluding hydrogens is 415 g/mol. The quantitative estimate of drug-likeness (QED) is 0.486. The molecule has 0 aliphatic rings. The summed E-state index contributed by atoms with van der Waals surface area (Å²) in [5, 5.41) is 8.55. The van der Waals surface area contributed by atoms with Crippen LogP contribution < -0.4 is 15.0 Å². The van der Waals surface area contributed by atoms with Crippen molar-refractivity contribution in [1.29, 1.82) is 0 Å². The van der Waals surface area contributed by atoms with Gasteiger partial charge < -0.3 is 9.47 Å². The first-order valence-electron chi connectivity index (χ1n) is 8.30. The standard InChI is InChI=1S/C18H18F3NO6S/c1-12(17(23)22-24)10-11-29(25,26)16-8-6-14(7-9-16)27-13-2-4-15(5-3-13)28-18(19,20)21/h2-9,12,24H,10-11H2,1H3,(H,22,23). The molecule has 2 N–H and O–H groups in total. The number of amides is 1. The van der Waals surface area contributed by atoms with Gasteiger partial charge in [0.25, 0.3) is 0 Å². The van der Waals surface area contributed by atoms with Gasteiger partial charge in [-0.1, -0.05) is 6.92 Å². The first kappa shape index (κ1) is 22.5. The minimum Gasteiger partial charge on any atom is -0.457 e. The Morgan fingerprint density at radius 3 is 2.00 bits per heavy atom. The molecule has 2 aromatic carbocycles. The van der Waals surface area contributed by atoms with E-state index < -0.39 is 33.8 Å². The van der Waals surface area contributed by atoms with Gasteiger partial charge in [0.1, 0.15) is 17.2 Å². The van der Waals surface area contributed by atoms with E-state index in [-0.39, 0.29) is 28.6 Å². The molecule has 2 aromatic rings. The molecule has 29 heavy (non-hydrogen) atoms. The van der Waals surface area contributed by atoms with Crippen LogP contribution >= 0.6 is 0 Å². The van der Waals surface area contributed by atoms with E-state index in [1.807, 2.05) is 0 Å². The zero-order chi connectivity index (χ0) is 21.7. The largest absolute Gasteiger partial charge is 0.573 e. The zero-order valence-electron chi connectivity index (χ0n) is 15.1. The van der Waals surface area contributed by atoms with Crippen LogP contribution in [0.4, 0.5) is 13.2 Å². The average Bonchev–Trinajstić information content (AvgIpc) is 2.66. The predicted octanol–water partition coefficient (Wildman–Crippen LogP) is 3.68. The molecule has 0 aliphatic carbocycles. The highest BCUT2D eigenvalue weighted by molar-refractivity contribution is 7.91. The maximum absolute atomic E-state index is 12.3. The molecule has 7 nitrogen and oxygen atoms in total. The molecule has 0 saturated heterocycles. The summed E-state index contributed by atoms with van der Waals surface area (Å²) in [5.41, 5.74) is 1.47. The van der Waals surface area contributed by atoms with E-state index in [1.54, 1.807) is 0 Å². The van der Waals surface area contributed by atoms with Crippen LogP contribution in [0.3, 0.4) is 0 Å². The Morgan fingerprint density at radius 2 is 1.52 bits per heavy atom. The Labute approximate surface area is 164 Å². The monoisotopic (exact) mass is 433 g/mol. The van der Waals surface area contributed by atoms with Gasteiger partial charge in [-0.3, -0.25) is 10.0 Å². The third-order valence-electron chi connectivity index (χ3n) is 3.85. The number of hydroxylamine groups is 1. The molecule has 1 unspecified atom stereocenters. The SMILES string of the molecule is CC(CCS(=O)(=O)c1ccc(Oc2ccc(OC(F)(F)F)cc2)cc1)C(=O)NO. The van der Waals surface area contributed by atoms with Gasteiger partial charge in [-0.15, -0.1) is 13.2 Å². The second-order valence-corrected chi connectivity index (χ2v) is 8.19. The van der Waals surface area contributed by atoms with E-state index in [9.17, 15) is 26.4 Å². The second kappa shape index (κ2) is 9.14. The van der Waals surface area contributed by atoms with Gasteiger partial charge in [-0.25, -0.2) is 13.9 Å². The van der Waals surface area contributed by atoms with Crippen molar-refractivity contribution >= 4 is 15.7 Å². The van der Waals surface area contributed by atoms with E-state index >= 15 is 0 Å². The number of benzene rings is 2. The van der Waals surface area contributed by atoms with Gasteiger partial charge in [0.05, 0.1) is 10.6 Å². The Balaban J connectivity index is 2.00. The zero-order valence-corrected chi connectivity index (χ0v) is 16.0. The van der Waals surface area contributed by atoms with Crippen molar-refractivity contribution in [2.75, 3.05) is 5.75 Å². The minimum atomic E-state index is -4.79. The molecule has 0 bridgehead atoms. The summed E-state index contributed by atoms with van der Waals surface area (Å²) >= 11 is 0. The molecule has 0 radical (unpaired) electrons. The summed E-state index contributed by atoms with van der Waals surface area (Å²) < 4.78 is 70.3. The maximum atomic E-state index is 12.3. The van der Waals surface area contributed by atoms with Crippen molar-refractivity contribution < 1.29 is 41.1 Å². The van der Waals surface area contributed by atoms with E-state index in [0.29, 0.717) is 0 Å². The van der Waals surface area contributed by atoms with Crippen molar-refractivity contribution in [2.45, 2.75) is 24.6 Å². The summed E-state index contributed by atoms with van der Waals surface area (Å²) in [5.74, 6) is -1.52. The Bertz CT molecular complexity index is 928.